The van der Waals surface area contributed by atoms with Gasteiger partial charge >= 0.3 is 12.2 Å². The van der Waals surface area contributed by atoms with Gasteiger partial charge in [0.2, 0.25) is 10.0 Å². The van der Waals surface area contributed by atoms with Gasteiger partial charge in [-0.05, 0) is 30.5 Å². The first-order chi connectivity index (χ1) is 16.4. The number of carbonyl (C=O) groups excluding carboxylic acids is 1. The Bertz CT molecular complexity index is 1170. The van der Waals surface area contributed by atoms with E-state index in [2.05, 4.69) is 10.00 Å². The highest BCUT2D eigenvalue weighted by Crippen LogP contribution is 2.35. The lowest BCUT2D eigenvalue weighted by atomic mass is 10.1. The minimum absolute atomic E-state index is 0.288. The number of hydrogen-bond acceptors (Lipinski definition) is 6. The highest BCUT2D eigenvalue weighted by Gasteiger charge is 2.32. The number of aromatic nitrogens is 2. The van der Waals surface area contributed by atoms with Gasteiger partial charge in [-0.2, -0.15) is 23.0 Å². The van der Waals surface area contributed by atoms with Crippen molar-refractivity contribution >= 4 is 27.4 Å². The minimum Gasteiger partial charge on any atom is -0.371 e. The summed E-state index contributed by atoms with van der Waals surface area (Å²) in [5, 5.41) is 4.00. The molecule has 13 heteroatoms. The van der Waals surface area contributed by atoms with Crippen molar-refractivity contribution in [3.05, 3.63) is 41.7 Å². The fourth-order valence-electron chi connectivity index (χ4n) is 4.38. The van der Waals surface area contributed by atoms with E-state index in [0.29, 0.717) is 38.4 Å². The van der Waals surface area contributed by atoms with Crippen LogP contribution < -0.4 is 9.21 Å². The Morgan fingerprint density at radius 2 is 1.74 bits per heavy atom. The van der Waals surface area contributed by atoms with E-state index in [4.69, 9.17) is 0 Å². The molecule has 4 rings (SSSR count). The molecule has 0 saturated carbocycles. The highest BCUT2D eigenvalue weighted by molar-refractivity contribution is 7.92. The maximum atomic E-state index is 13.3. The molecular formula is C22H29F3N6O3S. The molecule has 192 valence electrons. The zero-order valence-corrected chi connectivity index (χ0v) is 20.5. The quantitative estimate of drug-likeness (QED) is 0.611. The zero-order chi connectivity index (χ0) is 25.4. The van der Waals surface area contributed by atoms with Gasteiger partial charge < -0.3 is 9.80 Å². The second kappa shape index (κ2) is 9.69. The Balaban J connectivity index is 1.41. The van der Waals surface area contributed by atoms with Gasteiger partial charge in [0.25, 0.3) is 0 Å². The topological polar surface area (TPSA) is 82.0 Å². The van der Waals surface area contributed by atoms with Crippen molar-refractivity contribution in [2.75, 3.05) is 61.8 Å². The Kier molecular flexibility index (Phi) is 7.00. The Hall–Kier alpha value is -2.80. The van der Waals surface area contributed by atoms with E-state index in [0.717, 1.165) is 52.8 Å². The van der Waals surface area contributed by atoms with E-state index in [9.17, 15) is 26.4 Å². The Morgan fingerprint density at radius 1 is 1.09 bits per heavy atom. The SMILES string of the molecule is CN(c1cnn(C(=O)N2CCN(Cc3ccc(C(F)(F)F)cc3N3CCCC3)CC2)c1)S(C)(=O)=O. The number of halogens is 3. The van der Waals surface area contributed by atoms with Gasteiger partial charge in [0.05, 0.1) is 29.9 Å². The second-order valence-electron chi connectivity index (χ2n) is 8.95. The molecule has 2 aliphatic rings. The number of nitrogens with zero attached hydrogens (tertiary/aromatic N) is 6. The molecule has 0 spiro atoms. The summed E-state index contributed by atoms with van der Waals surface area (Å²) < 4.78 is 65.5. The first-order valence-electron chi connectivity index (χ1n) is 11.4. The summed E-state index contributed by atoms with van der Waals surface area (Å²) in [6, 6.07) is 3.60. The van der Waals surface area contributed by atoms with Crippen LogP contribution in [0.25, 0.3) is 0 Å². The summed E-state index contributed by atoms with van der Waals surface area (Å²) in [7, 11) is -2.08. The smallest absolute Gasteiger partial charge is 0.371 e. The van der Waals surface area contributed by atoms with Gasteiger partial charge in [-0.15, -0.1) is 0 Å². The fourth-order valence-corrected chi connectivity index (χ4v) is 4.86. The highest BCUT2D eigenvalue weighted by atomic mass is 32.2. The largest absolute Gasteiger partial charge is 0.416 e. The van der Waals surface area contributed by atoms with Crippen LogP contribution in [-0.2, 0) is 22.7 Å². The van der Waals surface area contributed by atoms with Crippen LogP contribution in [-0.4, -0.2) is 86.6 Å². The van der Waals surface area contributed by atoms with Crippen LogP contribution in [0.15, 0.2) is 30.6 Å². The van der Waals surface area contributed by atoms with Crippen LogP contribution in [0.5, 0.6) is 0 Å². The molecule has 1 aromatic heterocycles. The molecule has 0 radical (unpaired) electrons. The molecule has 2 aliphatic heterocycles. The molecule has 0 bridgehead atoms. The van der Waals surface area contributed by atoms with Crippen LogP contribution in [0.4, 0.5) is 29.3 Å². The van der Waals surface area contributed by atoms with Crippen molar-refractivity contribution < 1.29 is 26.4 Å². The van der Waals surface area contributed by atoms with E-state index in [1.54, 1.807) is 11.0 Å². The molecule has 35 heavy (non-hydrogen) atoms. The first-order valence-corrected chi connectivity index (χ1v) is 13.2. The van der Waals surface area contributed by atoms with E-state index >= 15 is 0 Å². The predicted octanol–water partition coefficient (Wildman–Crippen LogP) is 2.68. The number of hydrogen-bond donors (Lipinski definition) is 0. The minimum atomic E-state index is -4.39. The molecule has 0 N–H and O–H groups in total. The number of carbonyl (C=O) groups is 1. The molecule has 0 unspecified atom stereocenters. The second-order valence-corrected chi connectivity index (χ2v) is 11.0. The van der Waals surface area contributed by atoms with Crippen molar-refractivity contribution in [1.29, 1.82) is 0 Å². The van der Waals surface area contributed by atoms with E-state index in [1.807, 2.05) is 4.90 Å². The first kappa shape index (κ1) is 25.3. The third kappa shape index (κ3) is 5.72. The van der Waals surface area contributed by atoms with E-state index < -0.39 is 21.8 Å². The Labute approximate surface area is 202 Å². The van der Waals surface area contributed by atoms with E-state index in [1.165, 1.54) is 25.5 Å². The summed E-state index contributed by atoms with van der Waals surface area (Å²) in [6.07, 6.45) is 1.30. The van der Waals surface area contributed by atoms with E-state index in [-0.39, 0.29) is 11.7 Å². The van der Waals surface area contributed by atoms with Gasteiger partial charge in [-0.25, -0.2) is 13.2 Å². The van der Waals surface area contributed by atoms with Crippen molar-refractivity contribution in [1.82, 2.24) is 19.6 Å². The summed E-state index contributed by atoms with van der Waals surface area (Å²) >= 11 is 0. The number of piperazine rings is 1. The van der Waals surface area contributed by atoms with Crippen molar-refractivity contribution in [2.24, 2.45) is 0 Å². The summed E-state index contributed by atoms with van der Waals surface area (Å²) in [5.74, 6) is 0. The average Bonchev–Trinajstić information content (AvgIpc) is 3.50. The summed E-state index contributed by atoms with van der Waals surface area (Å²) in [5.41, 5.74) is 1.13. The monoisotopic (exact) mass is 514 g/mol. The molecule has 3 heterocycles. The molecule has 0 aliphatic carbocycles. The molecule has 2 fully saturated rings. The maximum absolute atomic E-state index is 13.3. The Morgan fingerprint density at radius 3 is 2.34 bits per heavy atom. The third-order valence-corrected chi connectivity index (χ3v) is 7.73. The molecule has 2 saturated heterocycles. The van der Waals surface area contributed by atoms with Gasteiger partial charge in [-0.1, -0.05) is 6.07 Å². The summed E-state index contributed by atoms with van der Waals surface area (Å²) in [4.78, 5) is 18.6. The number of amides is 1. The molecule has 9 nitrogen and oxygen atoms in total. The number of alkyl halides is 3. The zero-order valence-electron chi connectivity index (χ0n) is 19.7. The van der Waals surface area contributed by atoms with Crippen LogP contribution in [0, 0.1) is 0 Å². The van der Waals surface area contributed by atoms with Gasteiger partial charge in [0.15, 0.2) is 0 Å². The standard InChI is InChI=1S/C22H29F3N6O3S/c1-27(35(2,33)34)19-14-26-31(16-19)21(32)30-11-9-28(10-12-30)15-17-5-6-18(22(23,24)25)13-20(17)29-7-3-4-8-29/h5-6,13-14,16H,3-4,7-12,15H2,1-2H3. The molecule has 1 amide bonds. The van der Waals surface area contributed by atoms with Crippen LogP contribution in [0.3, 0.4) is 0 Å². The van der Waals surface area contributed by atoms with Gasteiger partial charge in [0, 0.05) is 58.5 Å². The van der Waals surface area contributed by atoms with Gasteiger partial charge in [0.1, 0.15) is 0 Å². The lowest BCUT2D eigenvalue weighted by molar-refractivity contribution is -0.137. The van der Waals surface area contributed by atoms with Crippen molar-refractivity contribution in [3.63, 3.8) is 0 Å². The molecule has 0 atom stereocenters. The summed E-state index contributed by atoms with van der Waals surface area (Å²) in [6.45, 7) is 3.96. The fraction of sp³-hybridized carbons (Fsp3) is 0.545. The average molecular weight is 515 g/mol. The molecular weight excluding hydrogens is 485 g/mol. The normalized spacial score (nSPS) is 17.7. The van der Waals surface area contributed by atoms with Crippen LogP contribution in [0.2, 0.25) is 0 Å². The van der Waals surface area contributed by atoms with Crippen LogP contribution >= 0.6 is 0 Å². The van der Waals surface area contributed by atoms with Crippen molar-refractivity contribution in [2.45, 2.75) is 25.6 Å². The lowest BCUT2D eigenvalue weighted by Gasteiger charge is -2.35. The number of benzene rings is 1. The molecule has 2 aromatic rings. The maximum Gasteiger partial charge on any atom is 0.416 e. The number of anilines is 2. The number of sulfonamides is 1. The van der Waals surface area contributed by atoms with Crippen LogP contribution in [0.1, 0.15) is 24.0 Å². The predicted molar refractivity (Wildman–Crippen MR) is 126 cm³/mol. The lowest BCUT2D eigenvalue weighted by Crippen LogP contribution is -2.49. The van der Waals surface area contributed by atoms with Crippen molar-refractivity contribution in [3.8, 4) is 0 Å². The molecule has 1 aromatic carbocycles. The van der Waals surface area contributed by atoms with Gasteiger partial charge in [-0.3, -0.25) is 9.21 Å². The number of rotatable bonds is 5. The third-order valence-electron chi connectivity index (χ3n) is 6.52.